The second-order valence-corrected chi connectivity index (χ2v) is 5.41. The number of nitrogens with zero attached hydrogens (tertiary/aromatic N) is 2. The lowest BCUT2D eigenvalue weighted by Crippen LogP contribution is -2.39. The summed E-state index contributed by atoms with van der Waals surface area (Å²) < 4.78 is 2.55. The molecule has 0 saturated carbocycles. The van der Waals surface area contributed by atoms with Gasteiger partial charge < -0.3 is 5.32 Å². The van der Waals surface area contributed by atoms with Crippen LogP contribution in [0.15, 0.2) is 39.9 Å². The largest absolute Gasteiger partial charge is 0.330 e. The molecule has 0 radical (unpaired) electrons. The summed E-state index contributed by atoms with van der Waals surface area (Å²) in [4.78, 5) is 23.5. The van der Waals surface area contributed by atoms with E-state index in [2.05, 4.69) is 5.32 Å². The Balaban J connectivity index is 2.20. The first-order valence-corrected chi connectivity index (χ1v) is 7.03. The average Bonchev–Trinajstić information content (AvgIpc) is 2.47. The van der Waals surface area contributed by atoms with E-state index in [1.165, 1.54) is 17.7 Å². The third-order valence-electron chi connectivity index (χ3n) is 3.59. The monoisotopic (exact) mass is 307 g/mol. The number of benzene rings is 1. The predicted octanol–water partition coefficient (Wildman–Crippen LogP) is 1.59. The van der Waals surface area contributed by atoms with Gasteiger partial charge in [0, 0.05) is 43.5 Å². The van der Waals surface area contributed by atoms with Crippen molar-refractivity contribution in [3.05, 3.63) is 67.4 Å². The van der Waals surface area contributed by atoms with Crippen LogP contribution >= 0.6 is 11.6 Å². The summed E-state index contributed by atoms with van der Waals surface area (Å²) in [7, 11) is 3.12. The lowest BCUT2D eigenvalue weighted by atomic mass is 10.1. The van der Waals surface area contributed by atoms with E-state index in [4.69, 9.17) is 11.6 Å². The standard InChI is InChI=1S/C15H18ClN3O2/c1-10(12-6-4-5-7-13(12)16)17-9-11-8-14(20)19(3)15(21)18(11)2/h4-8,10,17H,9H2,1-3H3. The normalized spacial score (nSPS) is 12.4. The van der Waals surface area contributed by atoms with Gasteiger partial charge in [0.15, 0.2) is 0 Å². The highest BCUT2D eigenvalue weighted by atomic mass is 35.5. The van der Waals surface area contributed by atoms with Gasteiger partial charge in [-0.15, -0.1) is 0 Å². The van der Waals surface area contributed by atoms with E-state index >= 15 is 0 Å². The number of hydrogen-bond donors (Lipinski definition) is 1. The zero-order chi connectivity index (χ0) is 15.6. The van der Waals surface area contributed by atoms with Crippen LogP contribution in [0.4, 0.5) is 0 Å². The first-order valence-electron chi connectivity index (χ1n) is 6.65. The maximum absolute atomic E-state index is 11.9. The van der Waals surface area contributed by atoms with Gasteiger partial charge in [-0.1, -0.05) is 29.8 Å². The maximum atomic E-state index is 11.9. The van der Waals surface area contributed by atoms with E-state index in [9.17, 15) is 9.59 Å². The summed E-state index contributed by atoms with van der Waals surface area (Å²) >= 11 is 6.15. The van der Waals surface area contributed by atoms with Gasteiger partial charge in [0.05, 0.1) is 0 Å². The summed E-state index contributed by atoms with van der Waals surface area (Å²) in [6, 6.07) is 9.06. The Bertz CT molecular complexity index is 764. The fraction of sp³-hybridized carbons (Fsp3) is 0.333. The van der Waals surface area contributed by atoms with E-state index in [0.29, 0.717) is 17.3 Å². The molecule has 5 nitrogen and oxygen atoms in total. The molecule has 2 rings (SSSR count). The van der Waals surface area contributed by atoms with Crippen molar-refractivity contribution < 1.29 is 0 Å². The van der Waals surface area contributed by atoms with Crippen LogP contribution in [0.1, 0.15) is 24.2 Å². The molecule has 1 aromatic carbocycles. The van der Waals surface area contributed by atoms with Crippen LogP contribution in [-0.4, -0.2) is 9.13 Å². The molecule has 0 amide bonds. The topological polar surface area (TPSA) is 56.0 Å². The zero-order valence-corrected chi connectivity index (χ0v) is 13.0. The second-order valence-electron chi connectivity index (χ2n) is 5.00. The third kappa shape index (κ3) is 3.25. The lowest BCUT2D eigenvalue weighted by molar-refractivity contribution is 0.540. The van der Waals surface area contributed by atoms with Crippen LogP contribution in [0.25, 0.3) is 0 Å². The van der Waals surface area contributed by atoms with Crippen LogP contribution in [0.2, 0.25) is 5.02 Å². The SMILES string of the molecule is CC(NCc1cc(=O)n(C)c(=O)n1C)c1ccccc1Cl. The summed E-state index contributed by atoms with van der Waals surface area (Å²) in [5.41, 5.74) is 0.986. The van der Waals surface area contributed by atoms with E-state index in [0.717, 1.165) is 10.1 Å². The Morgan fingerprint density at radius 3 is 2.52 bits per heavy atom. The molecule has 112 valence electrons. The minimum Gasteiger partial charge on any atom is -0.305 e. The van der Waals surface area contributed by atoms with Crippen molar-refractivity contribution in [3.63, 3.8) is 0 Å². The van der Waals surface area contributed by atoms with Crippen LogP contribution in [0, 0.1) is 0 Å². The van der Waals surface area contributed by atoms with Crippen molar-refractivity contribution in [3.8, 4) is 0 Å². The number of hydrogen-bond acceptors (Lipinski definition) is 3. The Hall–Kier alpha value is -1.85. The van der Waals surface area contributed by atoms with Crippen LogP contribution in [0.5, 0.6) is 0 Å². The lowest BCUT2D eigenvalue weighted by Gasteiger charge is -2.17. The minimum absolute atomic E-state index is 0.0119. The van der Waals surface area contributed by atoms with Gasteiger partial charge in [-0.25, -0.2) is 4.79 Å². The first kappa shape index (κ1) is 15.5. The smallest absolute Gasteiger partial charge is 0.305 e. The third-order valence-corrected chi connectivity index (χ3v) is 3.93. The molecule has 0 saturated heterocycles. The van der Waals surface area contributed by atoms with Crippen molar-refractivity contribution in [2.24, 2.45) is 14.1 Å². The van der Waals surface area contributed by atoms with Gasteiger partial charge in [0.25, 0.3) is 5.56 Å². The summed E-state index contributed by atoms with van der Waals surface area (Å²) in [6.07, 6.45) is 0. The van der Waals surface area contributed by atoms with Crippen LogP contribution < -0.4 is 16.6 Å². The molecule has 1 unspecified atom stereocenters. The van der Waals surface area contributed by atoms with Gasteiger partial charge >= 0.3 is 5.69 Å². The molecule has 1 aromatic heterocycles. The van der Waals surface area contributed by atoms with Crippen molar-refractivity contribution in [1.82, 2.24) is 14.5 Å². The maximum Gasteiger partial charge on any atom is 0.330 e. The minimum atomic E-state index is -0.329. The molecule has 0 bridgehead atoms. The van der Waals surface area contributed by atoms with E-state index in [1.54, 1.807) is 7.05 Å². The molecule has 21 heavy (non-hydrogen) atoms. The predicted molar refractivity (Wildman–Crippen MR) is 83.6 cm³/mol. The van der Waals surface area contributed by atoms with Gasteiger partial charge in [0.1, 0.15) is 0 Å². The number of aromatic nitrogens is 2. The molecule has 1 atom stereocenters. The Morgan fingerprint density at radius 1 is 1.19 bits per heavy atom. The number of halogens is 1. The first-order chi connectivity index (χ1) is 9.91. The van der Waals surface area contributed by atoms with E-state index < -0.39 is 0 Å². The van der Waals surface area contributed by atoms with Crippen molar-refractivity contribution in [1.29, 1.82) is 0 Å². The molecule has 0 fully saturated rings. The summed E-state index contributed by atoms with van der Waals surface area (Å²) in [5, 5.41) is 3.97. The van der Waals surface area contributed by atoms with Crippen molar-refractivity contribution >= 4 is 11.6 Å². The highest BCUT2D eigenvalue weighted by Gasteiger charge is 2.10. The molecule has 0 spiro atoms. The Morgan fingerprint density at radius 2 is 1.86 bits per heavy atom. The number of rotatable bonds is 4. The van der Waals surface area contributed by atoms with Crippen molar-refractivity contribution in [2.45, 2.75) is 19.5 Å². The number of nitrogens with one attached hydrogen (secondary N) is 1. The van der Waals surface area contributed by atoms with Crippen LogP contribution in [0.3, 0.4) is 0 Å². The van der Waals surface area contributed by atoms with Gasteiger partial charge in [-0.3, -0.25) is 13.9 Å². The van der Waals surface area contributed by atoms with Gasteiger partial charge in [-0.05, 0) is 18.6 Å². The Labute approximate surface area is 127 Å². The molecule has 0 aliphatic heterocycles. The average molecular weight is 308 g/mol. The fourth-order valence-corrected chi connectivity index (χ4v) is 2.44. The molecule has 1 N–H and O–H groups in total. The van der Waals surface area contributed by atoms with E-state index in [1.807, 2.05) is 31.2 Å². The molecular weight excluding hydrogens is 290 g/mol. The molecule has 1 heterocycles. The zero-order valence-electron chi connectivity index (χ0n) is 12.3. The van der Waals surface area contributed by atoms with E-state index in [-0.39, 0.29) is 17.3 Å². The summed E-state index contributed by atoms with van der Waals surface area (Å²) in [6.45, 7) is 2.40. The highest BCUT2D eigenvalue weighted by Crippen LogP contribution is 2.22. The van der Waals surface area contributed by atoms with Gasteiger partial charge in [-0.2, -0.15) is 0 Å². The Kier molecular flexibility index (Phi) is 4.65. The molecule has 0 aliphatic rings. The molecular formula is C15H18ClN3O2. The molecule has 6 heteroatoms. The fourth-order valence-electron chi connectivity index (χ4n) is 2.14. The second kappa shape index (κ2) is 6.28. The molecule has 0 aliphatic carbocycles. The highest BCUT2D eigenvalue weighted by molar-refractivity contribution is 6.31. The summed E-state index contributed by atoms with van der Waals surface area (Å²) in [5.74, 6) is 0. The van der Waals surface area contributed by atoms with Crippen LogP contribution in [-0.2, 0) is 20.6 Å². The quantitative estimate of drug-likeness (QED) is 0.933. The van der Waals surface area contributed by atoms with Gasteiger partial charge in [0.2, 0.25) is 0 Å². The van der Waals surface area contributed by atoms with Crippen molar-refractivity contribution in [2.75, 3.05) is 0 Å². The molecule has 2 aromatic rings.